The van der Waals surface area contributed by atoms with E-state index in [1.165, 1.54) is 16.8 Å². The minimum Gasteiger partial charge on any atom is -0.504 e. The first-order valence-electron chi connectivity index (χ1n) is 12.7. The van der Waals surface area contributed by atoms with Crippen LogP contribution < -0.4 is 10.5 Å². The fourth-order valence-electron chi connectivity index (χ4n) is 4.75. The predicted octanol–water partition coefficient (Wildman–Crippen LogP) is 4.71. The Morgan fingerprint density at radius 3 is 2.51 bits per heavy atom. The van der Waals surface area contributed by atoms with Crippen molar-refractivity contribution >= 4 is 21.2 Å². The highest BCUT2D eigenvalue weighted by atomic mass is 32.2. The molecule has 0 bridgehead atoms. The predicted molar refractivity (Wildman–Crippen MR) is 155 cm³/mol. The fourth-order valence-corrected chi connectivity index (χ4v) is 6.13. The van der Waals surface area contributed by atoms with Crippen molar-refractivity contribution in [3.05, 3.63) is 101 Å². The van der Waals surface area contributed by atoms with Crippen molar-refractivity contribution in [3.8, 4) is 34.3 Å². The number of pyridine rings is 2. The summed E-state index contributed by atoms with van der Waals surface area (Å²) in [5.41, 5.74) is 3.02. The highest BCUT2D eigenvalue weighted by molar-refractivity contribution is 7.91. The second-order valence-corrected chi connectivity index (χ2v) is 11.2. The monoisotopic (exact) mass is 566 g/mol. The molecule has 10 nitrogen and oxygen atoms in total. The zero-order valence-electron chi connectivity index (χ0n) is 22.5. The second-order valence-electron chi connectivity index (χ2n) is 9.35. The number of anilines is 2. The Balaban J connectivity index is 1.71. The number of nitriles is 1. The summed E-state index contributed by atoms with van der Waals surface area (Å²) in [6.07, 6.45) is 5.03. The van der Waals surface area contributed by atoms with Gasteiger partial charge in [-0.3, -0.25) is 14.5 Å². The smallest absolute Gasteiger partial charge is 0.271 e. The van der Waals surface area contributed by atoms with Crippen molar-refractivity contribution in [3.63, 3.8) is 0 Å². The maximum absolute atomic E-state index is 13.9. The number of hydrogen-bond acceptors (Lipinski definition) is 8. The molecule has 0 atom stereocenters. The van der Waals surface area contributed by atoms with Crippen LogP contribution in [0.2, 0.25) is 0 Å². The van der Waals surface area contributed by atoms with Gasteiger partial charge in [-0.05, 0) is 73.0 Å². The molecule has 0 fully saturated rings. The molecule has 0 amide bonds. The third kappa shape index (κ3) is 4.97. The highest BCUT2D eigenvalue weighted by Gasteiger charge is 2.32. The number of aromatic hydroxyl groups is 1. The Morgan fingerprint density at radius 1 is 1.12 bits per heavy atom. The summed E-state index contributed by atoms with van der Waals surface area (Å²) in [4.78, 5) is 20.8. The molecule has 206 valence electrons. The molecule has 5 aromatic rings. The third-order valence-electron chi connectivity index (χ3n) is 6.73. The molecule has 3 heterocycles. The van der Waals surface area contributed by atoms with E-state index in [1.807, 2.05) is 13.0 Å². The van der Waals surface area contributed by atoms with Crippen LogP contribution in [0.1, 0.15) is 18.1 Å². The van der Waals surface area contributed by atoms with Crippen LogP contribution in [0.15, 0.2) is 93.8 Å². The Kier molecular flexibility index (Phi) is 7.17. The van der Waals surface area contributed by atoms with Crippen molar-refractivity contribution in [1.29, 1.82) is 5.26 Å². The number of sulfone groups is 1. The molecular formula is C30H26N6O4S. The lowest BCUT2D eigenvalue weighted by Gasteiger charge is -2.27. The Bertz CT molecular complexity index is 1970. The maximum Gasteiger partial charge on any atom is 0.271 e. The molecule has 2 N–H and O–H groups in total. The van der Waals surface area contributed by atoms with Crippen molar-refractivity contribution in [1.82, 2.24) is 19.7 Å². The number of nitrogens with zero attached hydrogens (tertiary/aromatic N) is 5. The Morgan fingerprint density at radius 2 is 1.88 bits per heavy atom. The van der Waals surface area contributed by atoms with Crippen LogP contribution in [-0.2, 0) is 16.9 Å². The van der Waals surface area contributed by atoms with E-state index < -0.39 is 26.0 Å². The fraction of sp³-hybridized carbons (Fsp3) is 0.133. The lowest BCUT2D eigenvalue weighted by Crippen LogP contribution is -2.24. The summed E-state index contributed by atoms with van der Waals surface area (Å²) >= 11 is 0. The average molecular weight is 567 g/mol. The number of hydrogen-bond donors (Lipinski definition) is 2. The van der Waals surface area contributed by atoms with E-state index in [9.17, 15) is 23.6 Å². The molecule has 0 saturated heterocycles. The number of aromatic amines is 1. The van der Waals surface area contributed by atoms with Crippen LogP contribution in [-0.4, -0.2) is 39.8 Å². The third-order valence-corrected chi connectivity index (χ3v) is 8.54. The summed E-state index contributed by atoms with van der Waals surface area (Å²) in [6, 6.07) is 18.3. The van der Waals surface area contributed by atoms with Gasteiger partial charge in [0.25, 0.3) is 5.56 Å². The molecule has 41 heavy (non-hydrogen) atoms. The van der Waals surface area contributed by atoms with Crippen molar-refractivity contribution in [2.45, 2.75) is 23.6 Å². The first kappa shape index (κ1) is 27.4. The molecule has 0 aliphatic carbocycles. The van der Waals surface area contributed by atoms with E-state index in [2.05, 4.69) is 21.1 Å². The van der Waals surface area contributed by atoms with Gasteiger partial charge in [0, 0.05) is 37.9 Å². The number of nitrogens with one attached hydrogen (secondary N) is 1. The number of rotatable bonds is 7. The molecule has 0 unspecified atom stereocenters. The van der Waals surface area contributed by atoms with Crippen LogP contribution in [0.5, 0.6) is 5.75 Å². The van der Waals surface area contributed by atoms with E-state index in [0.29, 0.717) is 16.9 Å². The van der Waals surface area contributed by atoms with E-state index in [0.717, 1.165) is 16.7 Å². The molecule has 3 aromatic heterocycles. The molecule has 0 saturated carbocycles. The van der Waals surface area contributed by atoms with Crippen molar-refractivity contribution in [2.75, 3.05) is 11.4 Å². The zero-order chi connectivity index (χ0) is 29.3. The molecule has 0 aliphatic rings. The average Bonchev–Trinajstić information content (AvgIpc) is 3.40. The van der Waals surface area contributed by atoms with Gasteiger partial charge < -0.3 is 15.0 Å². The SMILES string of the molecule is CCN(c1cccc(C#N)c1)c1c(-c2ccn(C)n2)[nH]c(=O)c(S(=O)(=O)c2ccc(-c3ccncc3C)cc2)c1O. The van der Waals surface area contributed by atoms with Crippen LogP contribution in [0.3, 0.4) is 0 Å². The van der Waals surface area contributed by atoms with Gasteiger partial charge in [0.1, 0.15) is 11.4 Å². The van der Waals surface area contributed by atoms with E-state index in [1.54, 1.807) is 79.9 Å². The molecule has 2 aromatic carbocycles. The van der Waals surface area contributed by atoms with Gasteiger partial charge in [0.15, 0.2) is 10.6 Å². The standard InChI is InChI=1S/C30H26N6O4S/c1-4-36(22-7-5-6-20(16-22)17-31)27-26(25-13-15-35(3)34-25)33-30(38)29(28(27)37)41(39,40)23-10-8-21(9-11-23)24-12-14-32-18-19(24)2/h5-16,18H,4H2,1-3H3,(H2,33,37,38). The molecule has 11 heteroatoms. The lowest BCUT2D eigenvalue weighted by molar-refractivity contribution is 0.456. The molecule has 0 spiro atoms. The van der Waals surface area contributed by atoms with Crippen LogP contribution in [0.25, 0.3) is 22.5 Å². The normalized spacial score (nSPS) is 11.3. The van der Waals surface area contributed by atoms with Gasteiger partial charge in [-0.15, -0.1) is 0 Å². The van der Waals surface area contributed by atoms with E-state index in [4.69, 9.17) is 0 Å². The minimum atomic E-state index is -4.47. The molecule has 0 radical (unpaired) electrons. The summed E-state index contributed by atoms with van der Waals surface area (Å²) in [6.45, 7) is 3.98. The van der Waals surface area contributed by atoms with Gasteiger partial charge in [-0.1, -0.05) is 18.2 Å². The first-order chi connectivity index (χ1) is 19.6. The zero-order valence-corrected chi connectivity index (χ0v) is 23.3. The Hall–Kier alpha value is -5.21. The number of H-pyrrole nitrogens is 1. The number of benzene rings is 2. The quantitative estimate of drug-likeness (QED) is 0.288. The van der Waals surface area contributed by atoms with Crippen LogP contribution in [0, 0.1) is 18.3 Å². The summed E-state index contributed by atoms with van der Waals surface area (Å²) < 4.78 is 29.3. The lowest BCUT2D eigenvalue weighted by atomic mass is 10.0. The summed E-state index contributed by atoms with van der Waals surface area (Å²) in [5, 5.41) is 25.4. The van der Waals surface area contributed by atoms with Gasteiger partial charge in [-0.2, -0.15) is 10.4 Å². The summed E-state index contributed by atoms with van der Waals surface area (Å²) in [7, 11) is -2.77. The van der Waals surface area contributed by atoms with Gasteiger partial charge in [-0.25, -0.2) is 8.42 Å². The van der Waals surface area contributed by atoms with Crippen molar-refractivity contribution < 1.29 is 13.5 Å². The van der Waals surface area contributed by atoms with Crippen LogP contribution in [0.4, 0.5) is 11.4 Å². The van der Waals surface area contributed by atoms with E-state index in [-0.39, 0.29) is 22.8 Å². The first-order valence-corrected chi connectivity index (χ1v) is 14.2. The molecular weight excluding hydrogens is 540 g/mol. The highest BCUT2D eigenvalue weighted by Crippen LogP contribution is 2.43. The topological polar surface area (TPSA) is 145 Å². The largest absolute Gasteiger partial charge is 0.504 e. The molecule has 5 rings (SSSR count). The number of aromatic nitrogens is 4. The van der Waals surface area contributed by atoms with Gasteiger partial charge in [0.2, 0.25) is 9.84 Å². The van der Waals surface area contributed by atoms with E-state index >= 15 is 0 Å². The second kappa shape index (κ2) is 10.7. The summed E-state index contributed by atoms with van der Waals surface area (Å²) in [5.74, 6) is -0.715. The molecule has 0 aliphatic heterocycles. The van der Waals surface area contributed by atoms with Crippen LogP contribution >= 0.6 is 0 Å². The van der Waals surface area contributed by atoms with Crippen molar-refractivity contribution in [2.24, 2.45) is 7.05 Å². The van der Waals surface area contributed by atoms with Gasteiger partial charge in [0.05, 0.1) is 22.2 Å². The minimum absolute atomic E-state index is 0.0449. The Labute approximate surface area is 236 Å². The maximum atomic E-state index is 13.9. The number of aryl methyl sites for hydroxylation is 2. The van der Waals surface area contributed by atoms with Gasteiger partial charge >= 0.3 is 0 Å².